The van der Waals surface area contributed by atoms with Gasteiger partial charge in [0.2, 0.25) is 4.96 Å². The largest absolute Gasteiger partial charge is 0.217 e. The van der Waals surface area contributed by atoms with E-state index in [0.29, 0.717) is 4.90 Å². The lowest BCUT2D eigenvalue weighted by Crippen LogP contribution is -1.84. The van der Waals surface area contributed by atoms with Crippen molar-refractivity contribution in [3.63, 3.8) is 0 Å². The van der Waals surface area contributed by atoms with Gasteiger partial charge in [-0.15, -0.1) is 16.9 Å². The molecule has 0 aliphatic heterocycles. The first-order chi connectivity index (χ1) is 8.67. The molecule has 3 nitrogen and oxygen atoms in total. The summed E-state index contributed by atoms with van der Waals surface area (Å²) in [6.07, 6.45) is 3.65. The van der Waals surface area contributed by atoms with Crippen molar-refractivity contribution in [2.75, 3.05) is 6.26 Å². The smallest absolute Gasteiger partial charge is 0.213 e. The number of imidazole rings is 1. The fourth-order valence-electron chi connectivity index (χ4n) is 1.64. The van der Waals surface area contributed by atoms with Crippen LogP contribution in [-0.2, 0) is 0 Å². The first-order valence-electron chi connectivity index (χ1n) is 5.03. The molecule has 92 valence electrons. The highest BCUT2D eigenvalue weighted by atomic mass is 79.9. The Hall–Kier alpha value is -0.920. The molecule has 0 bridgehead atoms. The minimum atomic E-state index is -0.217. The maximum atomic E-state index is 13.7. The number of rotatable bonds is 2. The molecule has 0 spiro atoms. The number of aromatic nitrogens is 3. The highest BCUT2D eigenvalue weighted by Crippen LogP contribution is 2.27. The number of hydrogen-bond donors (Lipinski definition) is 0. The number of nitrogens with zero attached hydrogens (tertiary/aromatic N) is 3. The summed E-state index contributed by atoms with van der Waals surface area (Å²) in [4.78, 5) is 5.84. The standard InChI is InChI=1S/C11H7BrFN3S2/c1-17-9-3-2-6(4-7(9)13)8-5-16-11(14-8)18-10(12)15-16/h2-5H,1H3. The van der Waals surface area contributed by atoms with Crippen LogP contribution in [0.2, 0.25) is 0 Å². The Morgan fingerprint density at radius 3 is 2.94 bits per heavy atom. The molecule has 0 saturated heterocycles. The molecular weight excluding hydrogens is 337 g/mol. The molecule has 18 heavy (non-hydrogen) atoms. The summed E-state index contributed by atoms with van der Waals surface area (Å²) in [5.74, 6) is -0.217. The third-order valence-corrected chi connectivity index (χ3v) is 4.59. The first-order valence-corrected chi connectivity index (χ1v) is 7.86. The van der Waals surface area contributed by atoms with E-state index in [9.17, 15) is 4.39 Å². The Morgan fingerprint density at radius 1 is 1.44 bits per heavy atom. The van der Waals surface area contributed by atoms with Crippen molar-refractivity contribution in [1.82, 2.24) is 14.6 Å². The Morgan fingerprint density at radius 2 is 2.28 bits per heavy atom. The van der Waals surface area contributed by atoms with Crippen LogP contribution in [0.15, 0.2) is 33.2 Å². The van der Waals surface area contributed by atoms with E-state index in [0.717, 1.165) is 20.1 Å². The molecule has 0 aliphatic carbocycles. The van der Waals surface area contributed by atoms with E-state index in [1.807, 2.05) is 12.3 Å². The van der Waals surface area contributed by atoms with Gasteiger partial charge in [-0.25, -0.2) is 13.9 Å². The van der Waals surface area contributed by atoms with Crippen LogP contribution in [0, 0.1) is 5.82 Å². The minimum absolute atomic E-state index is 0.217. The molecule has 7 heteroatoms. The van der Waals surface area contributed by atoms with Crippen molar-refractivity contribution in [2.45, 2.75) is 4.90 Å². The van der Waals surface area contributed by atoms with Gasteiger partial charge in [-0.05, 0) is 34.3 Å². The van der Waals surface area contributed by atoms with E-state index in [1.165, 1.54) is 29.2 Å². The number of benzene rings is 1. The van der Waals surface area contributed by atoms with E-state index in [1.54, 1.807) is 16.8 Å². The highest BCUT2D eigenvalue weighted by molar-refractivity contribution is 9.11. The Bertz CT molecular complexity index is 691. The van der Waals surface area contributed by atoms with Gasteiger partial charge in [-0.2, -0.15) is 0 Å². The van der Waals surface area contributed by atoms with Gasteiger partial charge in [-0.3, -0.25) is 0 Å². The van der Waals surface area contributed by atoms with E-state index in [4.69, 9.17) is 0 Å². The van der Waals surface area contributed by atoms with E-state index >= 15 is 0 Å². The van der Waals surface area contributed by atoms with E-state index < -0.39 is 0 Å². The summed E-state index contributed by atoms with van der Waals surface area (Å²) in [5.41, 5.74) is 1.49. The van der Waals surface area contributed by atoms with Crippen LogP contribution >= 0.6 is 39.0 Å². The van der Waals surface area contributed by atoms with Crippen molar-refractivity contribution in [3.8, 4) is 11.3 Å². The van der Waals surface area contributed by atoms with Crippen LogP contribution in [-0.4, -0.2) is 20.9 Å². The lowest BCUT2D eigenvalue weighted by molar-refractivity contribution is 0.602. The molecule has 0 amide bonds. The molecule has 0 aliphatic rings. The van der Waals surface area contributed by atoms with E-state index in [2.05, 4.69) is 26.0 Å². The van der Waals surface area contributed by atoms with Gasteiger partial charge < -0.3 is 0 Å². The topological polar surface area (TPSA) is 30.2 Å². The molecule has 3 aromatic rings. The van der Waals surface area contributed by atoms with Crippen LogP contribution in [0.1, 0.15) is 0 Å². The SMILES string of the molecule is CSc1ccc(-c2cn3nc(Br)sc3n2)cc1F. The van der Waals surface area contributed by atoms with Gasteiger partial charge >= 0.3 is 0 Å². The first kappa shape index (κ1) is 12.1. The molecule has 2 heterocycles. The molecule has 0 saturated carbocycles. The summed E-state index contributed by atoms with van der Waals surface area (Å²) in [6, 6.07) is 5.15. The maximum Gasteiger partial charge on any atom is 0.213 e. The molecule has 0 fully saturated rings. The van der Waals surface area contributed by atoms with Crippen molar-refractivity contribution < 1.29 is 4.39 Å². The fraction of sp³-hybridized carbons (Fsp3) is 0.0909. The van der Waals surface area contributed by atoms with Gasteiger partial charge in [0.05, 0.1) is 11.9 Å². The lowest BCUT2D eigenvalue weighted by Gasteiger charge is -2.01. The number of thioether (sulfide) groups is 1. The van der Waals surface area contributed by atoms with Gasteiger partial charge in [0.15, 0.2) is 3.92 Å². The van der Waals surface area contributed by atoms with Gasteiger partial charge in [-0.1, -0.05) is 17.4 Å². The second-order valence-corrected chi connectivity index (χ2v) is 6.64. The molecule has 0 unspecified atom stereocenters. The summed E-state index contributed by atoms with van der Waals surface area (Å²) in [5, 5.41) is 4.21. The second kappa shape index (κ2) is 4.64. The zero-order valence-corrected chi connectivity index (χ0v) is 12.4. The van der Waals surface area contributed by atoms with Crippen molar-refractivity contribution >= 4 is 44.0 Å². The van der Waals surface area contributed by atoms with Crippen LogP contribution in [0.3, 0.4) is 0 Å². The average Bonchev–Trinajstić information content (AvgIpc) is 2.85. The monoisotopic (exact) mass is 343 g/mol. The average molecular weight is 344 g/mol. The van der Waals surface area contributed by atoms with Gasteiger partial charge in [0.1, 0.15) is 5.82 Å². The molecule has 3 rings (SSSR count). The zero-order chi connectivity index (χ0) is 12.7. The zero-order valence-electron chi connectivity index (χ0n) is 9.22. The third-order valence-electron chi connectivity index (χ3n) is 2.47. The fourth-order valence-corrected chi connectivity index (χ4v) is 3.31. The Labute approximate surface area is 119 Å². The maximum absolute atomic E-state index is 13.7. The molecule has 0 N–H and O–H groups in total. The highest BCUT2D eigenvalue weighted by Gasteiger charge is 2.10. The number of fused-ring (bicyclic) bond motifs is 1. The summed E-state index contributed by atoms with van der Waals surface area (Å²) in [7, 11) is 0. The lowest BCUT2D eigenvalue weighted by atomic mass is 10.2. The molecule has 2 aromatic heterocycles. The summed E-state index contributed by atoms with van der Waals surface area (Å²) in [6.45, 7) is 0. The van der Waals surface area contributed by atoms with Crippen LogP contribution in [0.25, 0.3) is 16.2 Å². The van der Waals surface area contributed by atoms with Crippen molar-refractivity contribution in [3.05, 3.63) is 34.1 Å². The van der Waals surface area contributed by atoms with Crippen LogP contribution < -0.4 is 0 Å². The molecular formula is C11H7BrFN3S2. The molecule has 0 radical (unpaired) electrons. The number of hydrogen-bond acceptors (Lipinski definition) is 4. The van der Waals surface area contributed by atoms with Crippen molar-refractivity contribution in [1.29, 1.82) is 0 Å². The second-order valence-electron chi connectivity index (χ2n) is 3.56. The van der Waals surface area contributed by atoms with Crippen LogP contribution in [0.4, 0.5) is 4.39 Å². The van der Waals surface area contributed by atoms with Gasteiger partial charge in [0.25, 0.3) is 0 Å². The Balaban J connectivity index is 2.08. The van der Waals surface area contributed by atoms with Crippen molar-refractivity contribution in [2.24, 2.45) is 0 Å². The quantitative estimate of drug-likeness (QED) is 0.656. The molecule has 1 aromatic carbocycles. The predicted octanol–water partition coefficient (Wildman–Crippen LogP) is 4.08. The van der Waals surface area contributed by atoms with Gasteiger partial charge in [0, 0.05) is 10.5 Å². The Kier molecular flexibility index (Phi) is 3.13. The number of halogens is 2. The minimum Gasteiger partial charge on any atom is -0.217 e. The molecule has 0 atom stereocenters. The summed E-state index contributed by atoms with van der Waals surface area (Å²) < 4.78 is 16.2. The predicted molar refractivity (Wildman–Crippen MR) is 75.7 cm³/mol. The summed E-state index contributed by atoms with van der Waals surface area (Å²) >= 11 is 6.13. The normalized spacial score (nSPS) is 11.3. The third kappa shape index (κ3) is 2.06. The van der Waals surface area contributed by atoms with E-state index in [-0.39, 0.29) is 5.82 Å². The van der Waals surface area contributed by atoms with Crippen LogP contribution in [0.5, 0.6) is 0 Å².